The zero-order chi connectivity index (χ0) is 4.50. The summed E-state index contributed by atoms with van der Waals surface area (Å²) in [5.74, 6) is 0. The third-order valence-electron chi connectivity index (χ3n) is 0. The summed E-state index contributed by atoms with van der Waals surface area (Å²) in [6.45, 7) is 0. The van der Waals surface area contributed by atoms with Crippen molar-refractivity contribution < 1.29 is 40.6 Å². The Balaban J connectivity index is -0.0000000800. The summed E-state index contributed by atoms with van der Waals surface area (Å²) >= 11 is 2.65. The molecule has 0 unspecified atom stereocenters. The first kappa shape index (κ1) is 16.1. The molecular weight excluding hydrogens is 336 g/mol. The normalized spacial score (nSPS) is 8.29. The average molecular weight is 339 g/mol. The van der Waals surface area contributed by atoms with Crippen LogP contribution in [-0.4, -0.2) is 42.5 Å². The first-order valence-corrected chi connectivity index (χ1v) is 3.19. The van der Waals surface area contributed by atoms with Crippen LogP contribution in [-0.2, 0) is 36.8 Å². The van der Waals surface area contributed by atoms with Crippen LogP contribution in [0.2, 0.25) is 0 Å². The van der Waals surface area contributed by atoms with Gasteiger partial charge in [-0.05, 0) is 11.7 Å². The van der Waals surface area contributed by atoms with Crippen molar-refractivity contribution in [3.05, 3.63) is 0 Å². The molecule has 0 saturated heterocycles. The SMILES string of the molecule is O=S(=O)(O)S.[Hg].[NaH]. The molecule has 3 nitrogen and oxygen atoms in total. The van der Waals surface area contributed by atoms with E-state index in [1.165, 1.54) is 0 Å². The Hall–Kier alpha value is 2.20. The minimum atomic E-state index is -3.97. The molecule has 0 aliphatic carbocycles. The van der Waals surface area contributed by atoms with E-state index in [2.05, 4.69) is 11.7 Å². The van der Waals surface area contributed by atoms with Crippen LogP contribution in [0.25, 0.3) is 0 Å². The number of rotatable bonds is 0. The molecule has 0 atom stereocenters. The van der Waals surface area contributed by atoms with E-state index < -0.39 is 9.15 Å². The molecule has 0 aliphatic rings. The Bertz CT molecular complexity index is 96.1. The Labute approximate surface area is 89.6 Å². The van der Waals surface area contributed by atoms with Crippen molar-refractivity contribution in [2.24, 2.45) is 0 Å². The van der Waals surface area contributed by atoms with Gasteiger partial charge in [0.2, 0.25) is 0 Å². The molecule has 0 bridgehead atoms. The van der Waals surface area contributed by atoms with Gasteiger partial charge in [-0.1, -0.05) is 0 Å². The predicted octanol–water partition coefficient (Wildman–Crippen LogP) is -0.932. The maximum atomic E-state index is 9.05. The van der Waals surface area contributed by atoms with Gasteiger partial charge in [-0.2, -0.15) is 8.42 Å². The third-order valence-corrected chi connectivity index (χ3v) is 0. The molecule has 0 amide bonds. The third kappa shape index (κ3) is 65.3. The molecule has 0 fully saturated rings. The van der Waals surface area contributed by atoms with Crippen LogP contribution < -0.4 is 0 Å². The van der Waals surface area contributed by atoms with E-state index in [9.17, 15) is 0 Å². The summed E-state index contributed by atoms with van der Waals surface area (Å²) in [5, 5.41) is 0. The van der Waals surface area contributed by atoms with E-state index in [4.69, 9.17) is 13.0 Å². The Morgan fingerprint density at radius 2 is 1.43 bits per heavy atom. The van der Waals surface area contributed by atoms with Crippen molar-refractivity contribution in [3.8, 4) is 0 Å². The molecule has 36 valence electrons. The van der Waals surface area contributed by atoms with Crippen molar-refractivity contribution in [3.63, 3.8) is 0 Å². The zero-order valence-corrected chi connectivity index (χ0v) is 10.0. The summed E-state index contributed by atoms with van der Waals surface area (Å²) in [5.41, 5.74) is 0. The van der Waals surface area contributed by atoms with Crippen LogP contribution in [0.4, 0.5) is 0 Å². The number of thiol groups is 1. The summed E-state index contributed by atoms with van der Waals surface area (Å²) in [6.07, 6.45) is 0. The Kier molecular flexibility index (Phi) is 14.5. The maximum absolute atomic E-state index is 9.05. The molecule has 0 aliphatic heterocycles. The van der Waals surface area contributed by atoms with Gasteiger partial charge in [-0.3, -0.25) is 4.55 Å². The van der Waals surface area contributed by atoms with Crippen molar-refractivity contribution >= 4 is 50.4 Å². The Morgan fingerprint density at radius 3 is 1.43 bits per heavy atom. The molecule has 7 heavy (non-hydrogen) atoms. The molecule has 0 aromatic rings. The first-order chi connectivity index (χ1) is 2.00. The van der Waals surface area contributed by atoms with E-state index in [1.807, 2.05) is 0 Å². The van der Waals surface area contributed by atoms with Crippen molar-refractivity contribution in [1.82, 2.24) is 0 Å². The molecule has 0 aromatic carbocycles. The molecule has 0 heterocycles. The molecule has 7 heteroatoms. The molecule has 0 aromatic heterocycles. The van der Waals surface area contributed by atoms with Crippen LogP contribution in [0.3, 0.4) is 0 Å². The summed E-state index contributed by atoms with van der Waals surface area (Å²) in [4.78, 5) is 0. The Morgan fingerprint density at radius 1 is 1.43 bits per heavy atom. The van der Waals surface area contributed by atoms with Gasteiger partial charge in [0.1, 0.15) is 0 Å². The summed E-state index contributed by atoms with van der Waals surface area (Å²) in [7, 11) is -3.97. The zero-order valence-electron chi connectivity index (χ0n) is 2.83. The fourth-order valence-corrected chi connectivity index (χ4v) is 0. The number of hydrogen-bond donors (Lipinski definition) is 2. The van der Waals surface area contributed by atoms with Gasteiger partial charge in [0.05, 0.1) is 0 Å². The summed E-state index contributed by atoms with van der Waals surface area (Å²) in [6, 6.07) is 0. The van der Waals surface area contributed by atoms with Gasteiger partial charge in [-0.25, -0.2) is 0 Å². The second-order valence-electron chi connectivity index (χ2n) is 0.448. The van der Waals surface area contributed by atoms with Crippen LogP contribution >= 0.6 is 11.7 Å². The standard InChI is InChI=1S/Hg.Na.H2O3S2.H/c;;1-5(2,3)4;/h;;(H2,1,2,3,4);. The van der Waals surface area contributed by atoms with Crippen LogP contribution in [0, 0.1) is 0 Å². The van der Waals surface area contributed by atoms with Gasteiger partial charge in [0.25, 0.3) is 0 Å². The van der Waals surface area contributed by atoms with Crippen LogP contribution in [0.15, 0.2) is 0 Å². The molecular formula is H3HgNaO3S2. The van der Waals surface area contributed by atoms with Gasteiger partial charge >= 0.3 is 38.7 Å². The molecule has 0 radical (unpaired) electrons. The van der Waals surface area contributed by atoms with E-state index in [0.29, 0.717) is 0 Å². The second-order valence-corrected chi connectivity index (χ2v) is 2.73. The molecule has 0 spiro atoms. The van der Waals surface area contributed by atoms with E-state index in [1.54, 1.807) is 0 Å². The van der Waals surface area contributed by atoms with Gasteiger partial charge in [0.15, 0.2) is 0 Å². The summed E-state index contributed by atoms with van der Waals surface area (Å²) < 4.78 is 25.5. The van der Waals surface area contributed by atoms with E-state index >= 15 is 0 Å². The van der Waals surface area contributed by atoms with Crippen molar-refractivity contribution in [2.45, 2.75) is 0 Å². The topological polar surface area (TPSA) is 54.4 Å². The monoisotopic (exact) mass is 340 g/mol. The quantitative estimate of drug-likeness (QED) is 0.260. The minimum absolute atomic E-state index is 0. The fourth-order valence-electron chi connectivity index (χ4n) is 0. The first-order valence-electron chi connectivity index (χ1n) is 0.698. The predicted molar refractivity (Wildman–Crippen MR) is 27.7 cm³/mol. The van der Waals surface area contributed by atoms with Gasteiger partial charge in [0, 0.05) is 27.7 Å². The average Bonchev–Trinajstić information content (AvgIpc) is 0.722. The van der Waals surface area contributed by atoms with E-state index in [-0.39, 0.29) is 57.2 Å². The molecule has 0 rings (SSSR count). The number of hydrogen-bond acceptors (Lipinski definition) is 2. The van der Waals surface area contributed by atoms with E-state index in [0.717, 1.165) is 0 Å². The molecule has 1 N–H and O–H groups in total. The molecule has 0 saturated carbocycles. The van der Waals surface area contributed by atoms with Crippen LogP contribution in [0.5, 0.6) is 0 Å². The van der Waals surface area contributed by atoms with Crippen molar-refractivity contribution in [1.29, 1.82) is 0 Å². The fraction of sp³-hybridized carbons (Fsp3) is 0. The van der Waals surface area contributed by atoms with Gasteiger partial charge in [-0.15, -0.1) is 0 Å². The van der Waals surface area contributed by atoms with Crippen LogP contribution in [0.1, 0.15) is 0 Å². The van der Waals surface area contributed by atoms with Crippen molar-refractivity contribution in [2.75, 3.05) is 0 Å². The van der Waals surface area contributed by atoms with Gasteiger partial charge < -0.3 is 0 Å². The second kappa shape index (κ2) is 6.32.